The quantitative estimate of drug-likeness (QED) is 0.600. The van der Waals surface area contributed by atoms with Crippen LogP contribution >= 0.6 is 0 Å². The van der Waals surface area contributed by atoms with E-state index in [4.69, 9.17) is 10.5 Å². The summed E-state index contributed by atoms with van der Waals surface area (Å²) in [5.74, 6) is -0.632. The van der Waals surface area contributed by atoms with Gasteiger partial charge in [-0.25, -0.2) is 17.5 Å². The second kappa shape index (κ2) is 6.12. The maximum absolute atomic E-state index is 13.4. The summed E-state index contributed by atoms with van der Waals surface area (Å²) in [5.41, 5.74) is 5.90. The molecule has 3 N–H and O–H groups in total. The molecular formula is C11H17FN2O3S. The topological polar surface area (TPSA) is 81.4 Å². The van der Waals surface area contributed by atoms with E-state index >= 15 is 0 Å². The van der Waals surface area contributed by atoms with Gasteiger partial charge >= 0.3 is 0 Å². The minimum atomic E-state index is -3.73. The van der Waals surface area contributed by atoms with E-state index in [1.165, 1.54) is 20.1 Å². The van der Waals surface area contributed by atoms with E-state index in [0.717, 1.165) is 6.07 Å². The minimum Gasteiger partial charge on any atom is -0.398 e. The van der Waals surface area contributed by atoms with Gasteiger partial charge in [0.2, 0.25) is 10.0 Å². The van der Waals surface area contributed by atoms with Crippen molar-refractivity contribution in [3.8, 4) is 0 Å². The van der Waals surface area contributed by atoms with Crippen molar-refractivity contribution in [3.05, 3.63) is 23.5 Å². The van der Waals surface area contributed by atoms with Crippen LogP contribution in [0.25, 0.3) is 0 Å². The van der Waals surface area contributed by atoms with E-state index in [9.17, 15) is 12.8 Å². The molecular weight excluding hydrogens is 259 g/mol. The third-order valence-electron chi connectivity index (χ3n) is 2.49. The number of hydrogen-bond acceptors (Lipinski definition) is 4. The third kappa shape index (κ3) is 3.66. The fraction of sp³-hybridized carbons (Fsp3) is 0.455. The van der Waals surface area contributed by atoms with Crippen LogP contribution in [0.4, 0.5) is 10.1 Å². The van der Waals surface area contributed by atoms with Crippen molar-refractivity contribution in [2.45, 2.75) is 18.2 Å². The number of rotatable bonds is 6. The normalized spacial score (nSPS) is 11.7. The van der Waals surface area contributed by atoms with Gasteiger partial charge in [0.15, 0.2) is 0 Å². The third-order valence-corrected chi connectivity index (χ3v) is 3.93. The Kier molecular flexibility index (Phi) is 5.06. The molecule has 102 valence electrons. The predicted molar refractivity (Wildman–Crippen MR) is 67.2 cm³/mol. The highest BCUT2D eigenvalue weighted by atomic mass is 32.2. The number of hydrogen-bond donors (Lipinski definition) is 2. The Labute approximate surface area is 106 Å². The second-order valence-corrected chi connectivity index (χ2v) is 5.63. The van der Waals surface area contributed by atoms with Gasteiger partial charge in [-0.05, 0) is 25.5 Å². The van der Waals surface area contributed by atoms with Crippen molar-refractivity contribution in [1.29, 1.82) is 0 Å². The van der Waals surface area contributed by atoms with E-state index in [2.05, 4.69) is 4.72 Å². The number of halogens is 1. The number of sulfonamides is 1. The van der Waals surface area contributed by atoms with Crippen molar-refractivity contribution in [3.63, 3.8) is 0 Å². The molecule has 0 bridgehead atoms. The average Bonchev–Trinajstić information content (AvgIpc) is 2.31. The number of nitrogens with two attached hydrogens (primary N) is 1. The van der Waals surface area contributed by atoms with Gasteiger partial charge in [-0.3, -0.25) is 0 Å². The molecule has 0 unspecified atom stereocenters. The maximum atomic E-state index is 13.4. The van der Waals surface area contributed by atoms with E-state index < -0.39 is 15.8 Å². The Morgan fingerprint density at radius 2 is 2.11 bits per heavy atom. The van der Waals surface area contributed by atoms with Crippen LogP contribution in [0.1, 0.15) is 12.0 Å². The summed E-state index contributed by atoms with van der Waals surface area (Å²) >= 11 is 0. The molecule has 0 aliphatic rings. The van der Waals surface area contributed by atoms with Gasteiger partial charge in [0.1, 0.15) is 5.82 Å². The molecule has 1 aromatic rings. The lowest BCUT2D eigenvalue weighted by Gasteiger charge is -2.09. The molecule has 0 saturated carbocycles. The molecule has 0 fully saturated rings. The number of ether oxygens (including phenoxy) is 1. The van der Waals surface area contributed by atoms with Gasteiger partial charge in [0.05, 0.1) is 4.90 Å². The number of nitrogen functional groups attached to an aromatic ring is 1. The number of anilines is 1. The monoisotopic (exact) mass is 276 g/mol. The summed E-state index contributed by atoms with van der Waals surface area (Å²) in [6, 6.07) is 2.21. The van der Waals surface area contributed by atoms with Gasteiger partial charge in [-0.15, -0.1) is 0 Å². The number of nitrogens with one attached hydrogen (secondary N) is 1. The van der Waals surface area contributed by atoms with Gasteiger partial charge in [-0.2, -0.15) is 0 Å². The van der Waals surface area contributed by atoms with E-state index in [1.807, 2.05) is 0 Å². The molecule has 18 heavy (non-hydrogen) atoms. The predicted octanol–water partition coefficient (Wildman–Crippen LogP) is 1.03. The summed E-state index contributed by atoms with van der Waals surface area (Å²) in [6.07, 6.45) is 0.541. The van der Waals surface area contributed by atoms with Crippen LogP contribution in [0, 0.1) is 12.7 Å². The highest BCUT2D eigenvalue weighted by Crippen LogP contribution is 2.20. The summed E-state index contributed by atoms with van der Waals surface area (Å²) in [7, 11) is -2.20. The van der Waals surface area contributed by atoms with E-state index in [1.54, 1.807) is 0 Å². The molecule has 0 amide bonds. The van der Waals surface area contributed by atoms with Crippen molar-refractivity contribution < 1.29 is 17.5 Å². The Bertz CT molecular complexity index is 494. The Hall–Kier alpha value is -1.18. The van der Waals surface area contributed by atoms with Gasteiger partial charge in [0.25, 0.3) is 0 Å². The summed E-state index contributed by atoms with van der Waals surface area (Å²) < 4.78 is 44.3. The molecule has 1 aromatic carbocycles. The van der Waals surface area contributed by atoms with Crippen LogP contribution in [0.3, 0.4) is 0 Å². The molecule has 5 nitrogen and oxygen atoms in total. The second-order valence-electron chi connectivity index (χ2n) is 3.86. The largest absolute Gasteiger partial charge is 0.398 e. The van der Waals surface area contributed by atoms with E-state index in [0.29, 0.717) is 13.0 Å². The lowest BCUT2D eigenvalue weighted by atomic mass is 10.2. The van der Waals surface area contributed by atoms with Crippen molar-refractivity contribution in [2.24, 2.45) is 0 Å². The van der Waals surface area contributed by atoms with Crippen molar-refractivity contribution in [1.82, 2.24) is 4.72 Å². The number of benzene rings is 1. The SMILES string of the molecule is COCCCNS(=O)(=O)c1cc(N)c(C)c(F)c1. The first-order valence-corrected chi connectivity index (χ1v) is 6.91. The lowest BCUT2D eigenvalue weighted by Crippen LogP contribution is -2.25. The molecule has 0 aromatic heterocycles. The minimum absolute atomic E-state index is 0.118. The Morgan fingerprint density at radius 3 is 2.67 bits per heavy atom. The van der Waals surface area contributed by atoms with Crippen molar-refractivity contribution in [2.75, 3.05) is 26.0 Å². The smallest absolute Gasteiger partial charge is 0.240 e. The fourth-order valence-corrected chi connectivity index (χ4v) is 2.46. The molecule has 0 aliphatic carbocycles. The fourth-order valence-electron chi connectivity index (χ4n) is 1.34. The highest BCUT2D eigenvalue weighted by molar-refractivity contribution is 7.89. The summed E-state index contributed by atoms with van der Waals surface area (Å²) in [6.45, 7) is 2.17. The average molecular weight is 276 g/mol. The van der Waals surface area contributed by atoms with Gasteiger partial charge < -0.3 is 10.5 Å². The summed E-state index contributed by atoms with van der Waals surface area (Å²) in [5, 5.41) is 0. The van der Waals surface area contributed by atoms with Crippen LogP contribution in [0.15, 0.2) is 17.0 Å². The first-order chi connectivity index (χ1) is 8.38. The van der Waals surface area contributed by atoms with E-state index in [-0.39, 0.29) is 22.7 Å². The molecule has 7 heteroatoms. The highest BCUT2D eigenvalue weighted by Gasteiger charge is 2.16. The standard InChI is InChI=1S/C11H17FN2O3S/c1-8-10(12)6-9(7-11(8)13)18(15,16)14-4-3-5-17-2/h6-7,14H,3-5,13H2,1-2H3. The first kappa shape index (κ1) is 14.9. The van der Waals surface area contributed by atoms with Crippen LogP contribution in [0.5, 0.6) is 0 Å². The summed E-state index contributed by atoms with van der Waals surface area (Å²) in [4.78, 5) is -0.166. The molecule has 0 saturated heterocycles. The van der Waals surface area contributed by atoms with Gasteiger partial charge in [-0.1, -0.05) is 0 Å². The maximum Gasteiger partial charge on any atom is 0.240 e. The zero-order valence-corrected chi connectivity index (χ0v) is 11.2. The lowest BCUT2D eigenvalue weighted by molar-refractivity contribution is 0.196. The number of methoxy groups -OCH3 is 1. The molecule has 0 radical (unpaired) electrons. The van der Waals surface area contributed by atoms with Crippen LogP contribution in [-0.4, -0.2) is 28.7 Å². The van der Waals surface area contributed by atoms with Crippen LogP contribution in [-0.2, 0) is 14.8 Å². The molecule has 0 heterocycles. The Morgan fingerprint density at radius 1 is 1.44 bits per heavy atom. The first-order valence-electron chi connectivity index (χ1n) is 5.42. The van der Waals surface area contributed by atoms with Crippen LogP contribution < -0.4 is 10.5 Å². The molecule has 1 rings (SSSR count). The van der Waals surface area contributed by atoms with Gasteiger partial charge in [0, 0.05) is 31.5 Å². The molecule has 0 spiro atoms. The Balaban J connectivity index is 2.85. The van der Waals surface area contributed by atoms with Crippen LogP contribution in [0.2, 0.25) is 0 Å². The zero-order valence-electron chi connectivity index (χ0n) is 10.4. The molecule has 0 atom stereocenters. The zero-order chi connectivity index (χ0) is 13.8. The molecule has 0 aliphatic heterocycles. The van der Waals surface area contributed by atoms with Crippen molar-refractivity contribution >= 4 is 15.7 Å².